The van der Waals surface area contributed by atoms with Crippen molar-refractivity contribution in [1.29, 1.82) is 0 Å². The first-order chi connectivity index (χ1) is 5.61. The number of aromatic carboxylic acids is 2. The Morgan fingerprint density at radius 2 is 1.00 bits per heavy atom. The minimum Gasteiger partial charge on any atom is -0.545 e. The molecule has 1 aromatic carbocycles. The number of carbonyl (C=O) groups excluding carboxylic acids is 2. The van der Waals surface area contributed by atoms with Gasteiger partial charge in [0.05, 0.1) is 11.9 Å². The molecule has 1 aromatic rings. The summed E-state index contributed by atoms with van der Waals surface area (Å²) < 4.78 is 0. The molecule has 0 saturated heterocycles. The third-order valence-corrected chi connectivity index (χ3v) is 1.36. The van der Waals surface area contributed by atoms with Gasteiger partial charge < -0.3 is 19.8 Å². The Balaban J connectivity index is 0. The maximum Gasteiger partial charge on any atom is 1.00 e. The van der Waals surface area contributed by atoms with Crippen LogP contribution in [-0.2, 0) is 44.8 Å². The molecule has 14 heavy (non-hydrogen) atoms. The van der Waals surface area contributed by atoms with Crippen molar-refractivity contribution in [3.8, 4) is 0 Å². The Labute approximate surface area is 111 Å². The maximum atomic E-state index is 10.2. The van der Waals surface area contributed by atoms with Crippen molar-refractivity contribution in [3.63, 3.8) is 0 Å². The van der Waals surface area contributed by atoms with Crippen molar-refractivity contribution in [2.24, 2.45) is 0 Å². The molecule has 0 atom stereocenters. The van der Waals surface area contributed by atoms with E-state index in [1.165, 1.54) is 0 Å². The molecule has 0 aliphatic carbocycles. The van der Waals surface area contributed by atoms with E-state index in [9.17, 15) is 19.8 Å². The average molecular weight is 558 g/mol. The number of carbonyl (C=O) groups is 2. The first-order valence-corrected chi connectivity index (χ1v) is 3.14. The number of rotatable bonds is 2. The fourth-order valence-corrected chi connectivity index (χ4v) is 0.742. The second-order valence-electron chi connectivity index (χ2n) is 2.15. The molecule has 0 unspecified atom stereocenters. The largest absolute Gasteiger partial charge is 1.00 e. The topological polar surface area (TPSA) is 80.3 Å². The van der Waals surface area contributed by atoms with Crippen molar-refractivity contribution < 1.29 is 64.6 Å². The van der Waals surface area contributed by atoms with Gasteiger partial charge in [-0.2, -0.15) is 0 Å². The van der Waals surface area contributed by atoms with Gasteiger partial charge in [0.1, 0.15) is 0 Å². The van der Waals surface area contributed by atoms with Gasteiger partial charge in [0.25, 0.3) is 0 Å². The molecule has 0 fully saturated rings. The van der Waals surface area contributed by atoms with Gasteiger partial charge in [0.15, 0.2) is 0 Å². The molecule has 0 N–H and O–H groups in total. The number of carboxylic acid groups (broad SMARTS) is 2. The number of hydrogen-bond donors (Lipinski definition) is 0. The van der Waals surface area contributed by atoms with Crippen LogP contribution in [0.1, 0.15) is 20.7 Å². The van der Waals surface area contributed by atoms with Crippen LogP contribution < -0.4 is 10.2 Å². The van der Waals surface area contributed by atoms with Gasteiger partial charge >= 0.3 is 44.8 Å². The van der Waals surface area contributed by atoms with E-state index in [0.29, 0.717) is 0 Å². The predicted octanol–water partition coefficient (Wildman–Crippen LogP) is -1.59. The van der Waals surface area contributed by atoms with Crippen LogP contribution in [0.2, 0.25) is 0 Å². The molecule has 0 aromatic heterocycles. The zero-order valence-electron chi connectivity index (χ0n) is 6.55. The molecule has 0 saturated carbocycles. The molecule has 1 rings (SSSR count). The Morgan fingerprint density at radius 3 is 1.14 bits per heavy atom. The van der Waals surface area contributed by atoms with Gasteiger partial charge in [0, 0.05) is 0 Å². The Hall–Kier alpha value is -0.359. The Morgan fingerprint density at radius 1 is 0.786 bits per heavy atom. The van der Waals surface area contributed by atoms with Crippen LogP contribution >= 0.6 is 0 Å². The minimum atomic E-state index is -1.33. The summed E-state index contributed by atoms with van der Waals surface area (Å²) in [6.07, 6.45) is 0. The van der Waals surface area contributed by atoms with Gasteiger partial charge in [-0.05, 0) is 11.1 Å². The molecule has 0 bridgehead atoms. The predicted molar refractivity (Wildman–Crippen MR) is 35.1 cm³/mol. The zero-order chi connectivity index (χ0) is 9.14. The Bertz CT molecular complexity index is 288. The quantitative estimate of drug-likeness (QED) is 0.411. The van der Waals surface area contributed by atoms with E-state index < -0.39 is 11.9 Å². The molecule has 0 spiro atoms. The van der Waals surface area contributed by atoms with Gasteiger partial charge in [-0.15, -0.1) is 0 Å². The average Bonchev–Trinajstić information content (AvgIpc) is 2.04. The van der Waals surface area contributed by atoms with Crippen LogP contribution in [0.4, 0.5) is 0 Å². The van der Waals surface area contributed by atoms with Gasteiger partial charge in [-0.25, -0.2) is 0 Å². The van der Waals surface area contributed by atoms with Crippen molar-refractivity contribution in [1.82, 2.24) is 0 Å². The van der Waals surface area contributed by atoms with Gasteiger partial charge in [0.2, 0.25) is 0 Å². The van der Waals surface area contributed by atoms with Crippen molar-refractivity contribution >= 4 is 11.9 Å². The van der Waals surface area contributed by atoms with E-state index in [1.54, 1.807) is 0 Å². The molecule has 4 nitrogen and oxygen atoms in total. The zero-order valence-corrected chi connectivity index (χ0v) is 10.9. The van der Waals surface area contributed by atoms with Crippen LogP contribution in [0.3, 0.4) is 0 Å². The van der Waals surface area contributed by atoms with E-state index >= 15 is 0 Å². The summed E-state index contributed by atoms with van der Waals surface area (Å²) in [5, 5.41) is 20.4. The standard InChI is InChI=1S/C8H6O4.2Au/c9-7(10)5-1-2-6(4-3-5)8(11)12;;/h1-4H,(H,9,10)(H,11,12);;/q;2*+1/p-2. The molecule has 0 radical (unpaired) electrons. The number of hydrogen-bond acceptors (Lipinski definition) is 4. The summed E-state index contributed by atoms with van der Waals surface area (Å²) in [4.78, 5) is 20.4. The van der Waals surface area contributed by atoms with Crippen LogP contribution in [0.15, 0.2) is 24.3 Å². The molecule has 0 aliphatic rings. The van der Waals surface area contributed by atoms with Crippen LogP contribution in [0.5, 0.6) is 0 Å². The van der Waals surface area contributed by atoms with Crippen molar-refractivity contribution in [2.45, 2.75) is 0 Å². The van der Waals surface area contributed by atoms with E-state index in [1.807, 2.05) is 0 Å². The second-order valence-corrected chi connectivity index (χ2v) is 2.15. The fraction of sp³-hybridized carbons (Fsp3) is 0. The first-order valence-electron chi connectivity index (χ1n) is 3.14. The fourth-order valence-electron chi connectivity index (χ4n) is 0.742. The molecule has 0 heterocycles. The van der Waals surface area contributed by atoms with E-state index in [-0.39, 0.29) is 55.9 Å². The summed E-state index contributed by atoms with van der Waals surface area (Å²) in [5.74, 6) is -2.67. The molecule has 6 heteroatoms. The van der Waals surface area contributed by atoms with Crippen LogP contribution in [-0.4, -0.2) is 11.9 Å². The minimum absolute atomic E-state index is 0. The smallest absolute Gasteiger partial charge is 0.545 e. The Kier molecular flexibility index (Phi) is 8.04. The number of carboxylic acids is 2. The molecular weight excluding hydrogens is 554 g/mol. The summed E-state index contributed by atoms with van der Waals surface area (Å²) in [5.41, 5.74) is -0.111. The molecule has 0 aliphatic heterocycles. The third kappa shape index (κ3) is 4.24. The summed E-state index contributed by atoms with van der Waals surface area (Å²) in [6.45, 7) is 0. The van der Waals surface area contributed by atoms with Gasteiger partial charge in [-0.1, -0.05) is 24.3 Å². The van der Waals surface area contributed by atoms with Crippen LogP contribution in [0, 0.1) is 0 Å². The number of benzene rings is 1. The third-order valence-electron chi connectivity index (χ3n) is 1.36. The molecule has 0 amide bonds. The molecule has 82 valence electrons. The first kappa shape index (κ1) is 16.1. The summed E-state index contributed by atoms with van der Waals surface area (Å²) in [7, 11) is 0. The maximum absolute atomic E-state index is 10.2. The monoisotopic (exact) mass is 558 g/mol. The van der Waals surface area contributed by atoms with Crippen LogP contribution in [0.25, 0.3) is 0 Å². The van der Waals surface area contributed by atoms with E-state index in [4.69, 9.17) is 0 Å². The molecular formula is C8H4Au2O4. The van der Waals surface area contributed by atoms with Crippen molar-refractivity contribution in [2.75, 3.05) is 0 Å². The summed E-state index contributed by atoms with van der Waals surface area (Å²) >= 11 is 0. The normalized spacial score (nSPS) is 8.00. The van der Waals surface area contributed by atoms with E-state index in [2.05, 4.69) is 0 Å². The summed E-state index contributed by atoms with van der Waals surface area (Å²) in [6, 6.07) is 4.61. The SMILES string of the molecule is O=C([O-])c1ccc(C(=O)[O-])cc1.[Au+].[Au+]. The van der Waals surface area contributed by atoms with Crippen molar-refractivity contribution in [3.05, 3.63) is 35.4 Å². The van der Waals surface area contributed by atoms with E-state index in [0.717, 1.165) is 24.3 Å². The second kappa shape index (κ2) is 7.00. The van der Waals surface area contributed by atoms with Gasteiger partial charge in [-0.3, -0.25) is 0 Å².